The fourth-order valence-electron chi connectivity index (χ4n) is 1.70. The van der Waals surface area contributed by atoms with Gasteiger partial charge < -0.3 is 4.90 Å². The lowest BCUT2D eigenvalue weighted by Crippen LogP contribution is -2.23. The molecule has 0 saturated heterocycles. The van der Waals surface area contributed by atoms with Gasteiger partial charge in [-0.3, -0.25) is 4.79 Å². The Hall–Kier alpha value is -1.57. The average Bonchev–Trinajstić information content (AvgIpc) is 2.59. The highest BCUT2D eigenvalue weighted by Crippen LogP contribution is 2.25. The van der Waals surface area contributed by atoms with Crippen LogP contribution in [0.3, 0.4) is 0 Å². The molecule has 0 bridgehead atoms. The van der Waals surface area contributed by atoms with E-state index >= 15 is 0 Å². The van der Waals surface area contributed by atoms with Crippen molar-refractivity contribution < 1.29 is 4.79 Å². The van der Waals surface area contributed by atoms with E-state index in [1.54, 1.807) is 19.0 Å². The van der Waals surface area contributed by atoms with E-state index in [9.17, 15) is 4.79 Å². The van der Waals surface area contributed by atoms with Gasteiger partial charge in [0.1, 0.15) is 0 Å². The van der Waals surface area contributed by atoms with E-state index in [2.05, 4.69) is 6.07 Å². The molecule has 2 rings (SSSR count). The van der Waals surface area contributed by atoms with Crippen LogP contribution in [0.25, 0.3) is 6.08 Å². The molecule has 0 aromatic heterocycles. The summed E-state index contributed by atoms with van der Waals surface area (Å²) in [6.07, 6.45) is 2.75. The van der Waals surface area contributed by atoms with Gasteiger partial charge in [0.25, 0.3) is 0 Å². The van der Waals surface area contributed by atoms with Crippen molar-refractivity contribution in [3.05, 3.63) is 41.0 Å². The van der Waals surface area contributed by atoms with Crippen molar-refractivity contribution in [2.24, 2.45) is 0 Å². The third-order valence-corrected chi connectivity index (χ3v) is 2.45. The molecule has 0 aliphatic heterocycles. The van der Waals surface area contributed by atoms with Gasteiger partial charge in [-0.15, -0.1) is 0 Å². The van der Waals surface area contributed by atoms with Crippen LogP contribution in [0.4, 0.5) is 0 Å². The Morgan fingerprint density at radius 3 is 2.64 bits per heavy atom. The van der Waals surface area contributed by atoms with Crippen LogP contribution in [0.15, 0.2) is 29.8 Å². The lowest BCUT2D eigenvalue weighted by molar-refractivity contribution is -0.124. The molecule has 0 heterocycles. The van der Waals surface area contributed by atoms with Gasteiger partial charge in [-0.05, 0) is 17.2 Å². The third-order valence-electron chi connectivity index (χ3n) is 2.45. The van der Waals surface area contributed by atoms with E-state index < -0.39 is 0 Å². The Balaban J connectivity index is 2.28. The molecule has 1 aliphatic rings. The molecule has 72 valence electrons. The number of rotatable bonds is 1. The van der Waals surface area contributed by atoms with Crippen molar-refractivity contribution >= 4 is 12.0 Å². The second-order valence-electron chi connectivity index (χ2n) is 3.74. The monoisotopic (exact) mass is 187 g/mol. The van der Waals surface area contributed by atoms with E-state index in [0.717, 1.165) is 12.0 Å². The van der Waals surface area contributed by atoms with E-state index in [-0.39, 0.29) is 5.91 Å². The van der Waals surface area contributed by atoms with Crippen LogP contribution in [-0.2, 0) is 11.2 Å². The van der Waals surface area contributed by atoms with Gasteiger partial charge in [-0.1, -0.05) is 24.3 Å². The number of carbonyl (C=O) groups excluding carboxylic acids is 1. The molecule has 1 aromatic carbocycles. The molecule has 1 aliphatic carbocycles. The zero-order valence-electron chi connectivity index (χ0n) is 8.45. The molecule has 14 heavy (non-hydrogen) atoms. The third kappa shape index (κ3) is 1.43. The van der Waals surface area contributed by atoms with Crippen molar-refractivity contribution in [3.63, 3.8) is 0 Å². The molecule has 0 spiro atoms. The predicted molar refractivity (Wildman–Crippen MR) is 56.8 cm³/mol. The maximum Gasteiger partial charge on any atom is 0.249 e. The van der Waals surface area contributed by atoms with E-state index in [4.69, 9.17) is 0 Å². The van der Waals surface area contributed by atoms with Crippen LogP contribution < -0.4 is 0 Å². The number of amides is 1. The largest absolute Gasteiger partial charge is 0.345 e. The van der Waals surface area contributed by atoms with E-state index in [0.29, 0.717) is 0 Å². The van der Waals surface area contributed by atoms with Gasteiger partial charge in [-0.25, -0.2) is 0 Å². The van der Waals surface area contributed by atoms with Crippen LogP contribution in [0.2, 0.25) is 0 Å². The predicted octanol–water partition coefficient (Wildman–Crippen LogP) is 1.71. The van der Waals surface area contributed by atoms with Crippen LogP contribution in [-0.4, -0.2) is 24.9 Å². The van der Waals surface area contributed by atoms with Crippen LogP contribution in [0, 0.1) is 0 Å². The van der Waals surface area contributed by atoms with Crippen LogP contribution in [0.1, 0.15) is 11.1 Å². The summed E-state index contributed by atoms with van der Waals surface area (Å²) in [4.78, 5) is 13.3. The van der Waals surface area contributed by atoms with Gasteiger partial charge in [0.15, 0.2) is 0 Å². The standard InChI is InChI=1S/C12H13NO/c1-13(2)12(14)11-7-9-5-3-4-6-10(9)8-11/h3-7H,8H2,1-2H3. The summed E-state index contributed by atoms with van der Waals surface area (Å²) in [6, 6.07) is 8.13. The molecule has 0 atom stereocenters. The minimum absolute atomic E-state index is 0.112. The molecule has 1 aromatic rings. The highest BCUT2D eigenvalue weighted by Gasteiger charge is 2.18. The van der Waals surface area contributed by atoms with Gasteiger partial charge >= 0.3 is 0 Å². The molecule has 1 amide bonds. The Kier molecular flexibility index (Phi) is 2.12. The number of nitrogens with zero attached hydrogens (tertiary/aromatic N) is 1. The number of fused-ring (bicyclic) bond motifs is 1. The van der Waals surface area contributed by atoms with Crippen molar-refractivity contribution in [2.75, 3.05) is 14.1 Å². The zero-order chi connectivity index (χ0) is 10.1. The number of carbonyl (C=O) groups is 1. The summed E-state index contributed by atoms with van der Waals surface area (Å²) >= 11 is 0. The first-order valence-corrected chi connectivity index (χ1v) is 4.68. The van der Waals surface area contributed by atoms with Crippen molar-refractivity contribution in [3.8, 4) is 0 Å². The fraction of sp³-hybridized carbons (Fsp3) is 0.250. The molecule has 0 unspecified atom stereocenters. The summed E-state index contributed by atoms with van der Waals surface area (Å²) in [5.41, 5.74) is 3.31. The highest BCUT2D eigenvalue weighted by atomic mass is 16.2. The average molecular weight is 187 g/mol. The maximum atomic E-state index is 11.7. The molecule has 2 heteroatoms. The summed E-state index contributed by atoms with van der Waals surface area (Å²) < 4.78 is 0. The number of hydrogen-bond acceptors (Lipinski definition) is 1. The summed E-state index contributed by atoms with van der Waals surface area (Å²) in [6.45, 7) is 0. The summed E-state index contributed by atoms with van der Waals surface area (Å²) in [7, 11) is 3.57. The quantitative estimate of drug-likeness (QED) is 0.655. The lowest BCUT2D eigenvalue weighted by atomic mass is 10.1. The number of hydrogen-bond donors (Lipinski definition) is 0. The second kappa shape index (κ2) is 3.29. The van der Waals surface area contributed by atoms with E-state index in [1.807, 2.05) is 24.3 Å². The summed E-state index contributed by atoms with van der Waals surface area (Å²) in [5, 5.41) is 0. The molecule has 0 fully saturated rings. The van der Waals surface area contributed by atoms with Crippen LogP contribution in [0.5, 0.6) is 0 Å². The van der Waals surface area contributed by atoms with E-state index in [1.165, 1.54) is 11.1 Å². The highest BCUT2D eigenvalue weighted by molar-refractivity contribution is 6.00. The molecule has 0 radical (unpaired) electrons. The Labute approximate surface area is 83.8 Å². The first-order chi connectivity index (χ1) is 6.68. The summed E-state index contributed by atoms with van der Waals surface area (Å²) in [5.74, 6) is 0.112. The topological polar surface area (TPSA) is 20.3 Å². The van der Waals surface area contributed by atoms with Gasteiger partial charge in [0.2, 0.25) is 5.91 Å². The minimum atomic E-state index is 0.112. The number of likely N-dealkylation sites (N-methyl/N-ethyl adjacent to an activating group) is 1. The van der Waals surface area contributed by atoms with Gasteiger partial charge in [0.05, 0.1) is 0 Å². The zero-order valence-corrected chi connectivity index (χ0v) is 8.45. The normalized spacial score (nSPS) is 13.4. The molecule has 2 nitrogen and oxygen atoms in total. The first-order valence-electron chi connectivity index (χ1n) is 4.68. The Morgan fingerprint density at radius 1 is 1.29 bits per heavy atom. The number of benzene rings is 1. The SMILES string of the molecule is CN(C)C(=O)C1=Cc2ccccc2C1. The Morgan fingerprint density at radius 2 is 2.00 bits per heavy atom. The fourth-order valence-corrected chi connectivity index (χ4v) is 1.70. The van der Waals surface area contributed by atoms with Gasteiger partial charge in [0, 0.05) is 26.1 Å². The maximum absolute atomic E-state index is 11.7. The molecule has 0 N–H and O–H groups in total. The second-order valence-corrected chi connectivity index (χ2v) is 3.74. The van der Waals surface area contributed by atoms with Crippen molar-refractivity contribution in [2.45, 2.75) is 6.42 Å². The smallest absolute Gasteiger partial charge is 0.249 e. The first kappa shape index (κ1) is 9.00. The molecule has 0 saturated carbocycles. The van der Waals surface area contributed by atoms with Crippen molar-refractivity contribution in [1.82, 2.24) is 4.90 Å². The Bertz CT molecular complexity index is 405. The molecular formula is C12H13NO. The lowest BCUT2D eigenvalue weighted by Gasteiger charge is -2.10. The van der Waals surface area contributed by atoms with Crippen LogP contribution >= 0.6 is 0 Å². The molecular weight excluding hydrogens is 174 g/mol. The minimum Gasteiger partial charge on any atom is -0.345 e. The van der Waals surface area contributed by atoms with Gasteiger partial charge in [-0.2, -0.15) is 0 Å². The van der Waals surface area contributed by atoms with Crippen molar-refractivity contribution in [1.29, 1.82) is 0 Å².